The molecule has 0 heterocycles. The van der Waals surface area contributed by atoms with Crippen LogP contribution in [0.3, 0.4) is 0 Å². The number of hydrogen-bond acceptors (Lipinski definition) is 7. The minimum Gasteiger partial charge on any atom is -0.301 e. The second-order valence-corrected chi connectivity index (χ2v) is 13.2. The molecule has 0 radical (unpaired) electrons. The highest BCUT2D eigenvalue weighted by molar-refractivity contribution is 7.85. The molecule has 2 atom stereocenters. The molecule has 2 aromatic rings. The van der Waals surface area contributed by atoms with Crippen molar-refractivity contribution in [2.24, 2.45) is 23.7 Å². The number of allylic oxidation sites excluding steroid dienone is 1. The molecule has 0 aliphatic heterocycles. The smallest absolute Gasteiger partial charge is 0.294 e. The molecule has 44 heavy (non-hydrogen) atoms. The Kier molecular flexibility index (Phi) is 16.6. The molecule has 0 aliphatic carbocycles. The zero-order valence-corrected chi connectivity index (χ0v) is 27.5. The van der Waals surface area contributed by atoms with Crippen molar-refractivity contribution < 1.29 is 32.6 Å². The van der Waals surface area contributed by atoms with Crippen LogP contribution < -0.4 is 10.9 Å². The molecule has 0 aromatic heterocycles. The van der Waals surface area contributed by atoms with E-state index in [4.69, 9.17) is 4.55 Å². The minimum atomic E-state index is -4.02. The molecule has 0 bridgehead atoms. The van der Waals surface area contributed by atoms with E-state index in [9.17, 15) is 28.0 Å². The lowest BCUT2D eigenvalue weighted by atomic mass is 9.82. The van der Waals surface area contributed by atoms with Gasteiger partial charge in [-0.15, -0.1) is 0 Å². The minimum absolute atomic E-state index is 0.0666. The highest BCUT2D eigenvalue weighted by Gasteiger charge is 2.35. The Morgan fingerprint density at radius 3 is 1.95 bits per heavy atom. The van der Waals surface area contributed by atoms with E-state index in [2.05, 4.69) is 5.43 Å². The Morgan fingerprint density at radius 1 is 0.886 bits per heavy atom. The van der Waals surface area contributed by atoms with Crippen molar-refractivity contribution in [2.75, 3.05) is 27.2 Å². The van der Waals surface area contributed by atoms with Crippen molar-refractivity contribution in [3.8, 4) is 0 Å². The third-order valence-electron chi connectivity index (χ3n) is 6.36. The summed E-state index contributed by atoms with van der Waals surface area (Å²) in [4.78, 5) is 40.3. The van der Waals surface area contributed by atoms with Gasteiger partial charge in [-0.2, -0.15) is 8.42 Å². The van der Waals surface area contributed by atoms with E-state index in [1.807, 2.05) is 77.1 Å². The van der Waals surface area contributed by atoms with Crippen LogP contribution in [0.1, 0.15) is 51.7 Å². The van der Waals surface area contributed by atoms with Crippen LogP contribution in [0.15, 0.2) is 65.6 Å². The maximum atomic E-state index is 13.4. The summed E-state index contributed by atoms with van der Waals surface area (Å²) in [5.41, 5.74) is 6.41. The summed E-state index contributed by atoms with van der Waals surface area (Å²) in [5, 5.41) is 10.7. The lowest BCUT2D eigenvalue weighted by Crippen LogP contribution is -2.53. The number of hydroxylamine groups is 1. The van der Waals surface area contributed by atoms with Crippen LogP contribution in [0.2, 0.25) is 0 Å². The number of carbonyl (C=O) groups is 3. The van der Waals surface area contributed by atoms with Gasteiger partial charge < -0.3 is 4.90 Å². The standard InChI is InChI=1S/C25H40N4O4.C7H8O3S/c1-18(2)15-22(24(31)26-29(16-19(3)4)23(30)17-28(5)6)21(25(32)27-33)14-10-13-20-11-8-7-9-12-20;1-6-2-4-7(5-3-6)11(8,9)10/h7-13,18-19,21-22,33H,14-17H2,1-6H3,(H,26,31)(H,27,32);2-5H,1H3,(H,8,9,10)/t21-,22+;/m0./s1. The lowest BCUT2D eigenvalue weighted by molar-refractivity contribution is -0.148. The number of rotatable bonds is 13. The van der Waals surface area contributed by atoms with Crippen molar-refractivity contribution in [3.63, 3.8) is 0 Å². The average molecular weight is 633 g/mol. The Balaban J connectivity index is 0.000000733. The summed E-state index contributed by atoms with van der Waals surface area (Å²) in [5.74, 6) is -2.49. The molecule has 2 aromatic carbocycles. The summed E-state index contributed by atoms with van der Waals surface area (Å²) in [6, 6.07) is 15.6. The van der Waals surface area contributed by atoms with Crippen molar-refractivity contribution in [1.29, 1.82) is 0 Å². The molecule has 0 aliphatic rings. The molecule has 11 nitrogen and oxygen atoms in total. The second kappa shape index (κ2) is 18.9. The average Bonchev–Trinajstić information content (AvgIpc) is 2.93. The summed E-state index contributed by atoms with van der Waals surface area (Å²) >= 11 is 0. The van der Waals surface area contributed by atoms with Crippen molar-refractivity contribution in [3.05, 3.63) is 71.8 Å². The van der Waals surface area contributed by atoms with Crippen molar-refractivity contribution in [2.45, 2.75) is 52.4 Å². The Labute approximate surface area is 262 Å². The molecular weight excluding hydrogens is 584 g/mol. The fourth-order valence-electron chi connectivity index (χ4n) is 4.27. The van der Waals surface area contributed by atoms with E-state index in [-0.39, 0.29) is 35.6 Å². The molecule has 4 N–H and O–H groups in total. The fraction of sp³-hybridized carbons (Fsp3) is 0.469. The summed E-state index contributed by atoms with van der Waals surface area (Å²) in [6.07, 6.45) is 4.41. The van der Waals surface area contributed by atoms with Gasteiger partial charge in [0, 0.05) is 6.54 Å². The molecule has 0 saturated heterocycles. The topological polar surface area (TPSA) is 156 Å². The number of nitrogens with zero attached hydrogens (tertiary/aromatic N) is 2. The van der Waals surface area contributed by atoms with Gasteiger partial charge in [0.25, 0.3) is 16.0 Å². The number of benzene rings is 2. The number of likely N-dealkylation sites (N-methyl/N-ethyl adjacent to an activating group) is 1. The molecule has 0 saturated carbocycles. The van der Waals surface area contributed by atoms with Crippen LogP contribution in [-0.4, -0.2) is 73.0 Å². The molecule has 0 fully saturated rings. The number of carbonyl (C=O) groups excluding carboxylic acids is 3. The van der Waals surface area contributed by atoms with Gasteiger partial charge in [-0.05, 0) is 63.4 Å². The van der Waals surface area contributed by atoms with E-state index < -0.39 is 33.8 Å². The molecular formula is C32H48N4O7S. The van der Waals surface area contributed by atoms with Crippen molar-refractivity contribution >= 4 is 33.9 Å². The normalized spacial score (nSPS) is 12.9. The maximum Gasteiger partial charge on any atom is 0.294 e. The van der Waals surface area contributed by atoms with Crippen molar-refractivity contribution in [1.82, 2.24) is 20.8 Å². The van der Waals surface area contributed by atoms with Gasteiger partial charge in [-0.25, -0.2) is 5.48 Å². The zero-order chi connectivity index (χ0) is 33.4. The first-order valence-electron chi connectivity index (χ1n) is 14.5. The molecule has 0 unspecified atom stereocenters. The number of aryl methyl sites for hydroxylation is 1. The van der Waals surface area contributed by atoms with Crippen LogP contribution in [0, 0.1) is 30.6 Å². The van der Waals surface area contributed by atoms with Gasteiger partial charge >= 0.3 is 0 Å². The summed E-state index contributed by atoms with van der Waals surface area (Å²) < 4.78 is 29.6. The van der Waals surface area contributed by atoms with Gasteiger partial charge in [-0.3, -0.25) is 34.6 Å². The number of nitrogens with one attached hydrogen (secondary N) is 2. The first-order chi connectivity index (χ1) is 20.5. The maximum absolute atomic E-state index is 13.4. The molecule has 244 valence electrons. The van der Waals surface area contributed by atoms with Crippen LogP contribution in [-0.2, 0) is 24.5 Å². The molecule has 0 spiro atoms. The van der Waals surface area contributed by atoms with E-state index in [0.29, 0.717) is 13.0 Å². The predicted molar refractivity (Wildman–Crippen MR) is 171 cm³/mol. The van der Waals surface area contributed by atoms with Crippen LogP contribution in [0.4, 0.5) is 0 Å². The quantitative estimate of drug-likeness (QED) is 0.146. The van der Waals surface area contributed by atoms with Gasteiger partial charge in [0.2, 0.25) is 11.8 Å². The number of hydrogen-bond donors (Lipinski definition) is 4. The highest BCUT2D eigenvalue weighted by atomic mass is 32.2. The van der Waals surface area contributed by atoms with Crippen LogP contribution in [0.5, 0.6) is 0 Å². The largest absolute Gasteiger partial charge is 0.301 e. The van der Waals surface area contributed by atoms with E-state index in [1.165, 1.54) is 17.1 Å². The molecule has 2 rings (SSSR count). The fourth-order valence-corrected chi connectivity index (χ4v) is 4.75. The van der Waals surface area contributed by atoms with Gasteiger partial charge in [-0.1, -0.05) is 87.9 Å². The first kappa shape index (κ1) is 38.4. The summed E-state index contributed by atoms with van der Waals surface area (Å²) in [7, 11) is -0.445. The Hall–Kier alpha value is -3.58. The van der Waals surface area contributed by atoms with Gasteiger partial charge in [0.15, 0.2) is 0 Å². The van der Waals surface area contributed by atoms with Gasteiger partial charge in [0.1, 0.15) is 0 Å². The van der Waals surface area contributed by atoms with E-state index in [1.54, 1.807) is 36.6 Å². The first-order valence-corrected chi connectivity index (χ1v) is 15.9. The number of amides is 3. The second-order valence-electron chi connectivity index (χ2n) is 11.8. The third-order valence-corrected chi connectivity index (χ3v) is 7.23. The lowest BCUT2D eigenvalue weighted by Gasteiger charge is -2.31. The molecule has 3 amide bonds. The van der Waals surface area contributed by atoms with Gasteiger partial charge in [0.05, 0.1) is 23.3 Å². The highest BCUT2D eigenvalue weighted by Crippen LogP contribution is 2.26. The zero-order valence-electron chi connectivity index (χ0n) is 26.7. The van der Waals surface area contributed by atoms with E-state index >= 15 is 0 Å². The monoisotopic (exact) mass is 632 g/mol. The predicted octanol–water partition coefficient (Wildman–Crippen LogP) is 4.19. The van der Waals surface area contributed by atoms with Crippen LogP contribution in [0.25, 0.3) is 6.08 Å². The third kappa shape index (κ3) is 14.7. The molecule has 12 heteroatoms. The Morgan fingerprint density at radius 2 is 1.48 bits per heavy atom. The summed E-state index contributed by atoms with van der Waals surface area (Å²) in [6.45, 7) is 10.2. The Bertz CT molecular complexity index is 1310. The number of hydrazine groups is 1. The van der Waals surface area contributed by atoms with E-state index in [0.717, 1.165) is 11.1 Å². The SMILES string of the molecule is CC(C)C[C@@H](C(=O)NN(CC(C)C)C(=O)CN(C)C)[C@H](CC=Cc1ccccc1)C(=O)NO.Cc1ccc(S(=O)(=O)O)cc1. The van der Waals surface area contributed by atoms with Crippen LogP contribution >= 0.6 is 0 Å².